The maximum Gasteiger partial charge on any atom is 0.303 e. The molecule has 19 amide bonds. The van der Waals surface area contributed by atoms with E-state index >= 15 is 28.8 Å². The summed E-state index contributed by atoms with van der Waals surface area (Å²) in [5.41, 5.74) is 27.7. The van der Waals surface area contributed by atoms with Gasteiger partial charge < -0.3 is 128 Å². The number of primary amides is 4. The summed E-state index contributed by atoms with van der Waals surface area (Å²) in [6, 6.07) is 6.72. The van der Waals surface area contributed by atoms with Gasteiger partial charge in [0, 0.05) is 81.8 Å². The van der Waals surface area contributed by atoms with E-state index in [0.29, 0.717) is 38.7 Å². The van der Waals surface area contributed by atoms with Crippen molar-refractivity contribution in [2.24, 2.45) is 28.7 Å². The lowest BCUT2D eigenvalue weighted by Gasteiger charge is -2.34. The van der Waals surface area contributed by atoms with Gasteiger partial charge in [0.05, 0.1) is 32.7 Å². The number of unbranched alkanes of at least 4 members (excludes halogenated alkanes) is 2. The highest BCUT2D eigenvalue weighted by atomic mass is 32.2. The fourth-order valence-electron chi connectivity index (χ4n) is 13.8. The summed E-state index contributed by atoms with van der Waals surface area (Å²) in [6.45, 7) is 3.32. The van der Waals surface area contributed by atoms with E-state index in [9.17, 15) is 72.2 Å². The molecular formula is C85H117N21O23S. The first-order valence-corrected chi connectivity index (χ1v) is 43.2. The van der Waals surface area contributed by atoms with Gasteiger partial charge in [-0.15, -0.1) is 0 Å². The van der Waals surface area contributed by atoms with Crippen molar-refractivity contribution in [2.45, 2.75) is 215 Å². The smallest absolute Gasteiger partial charge is 0.303 e. The number of methoxy groups -OCH3 is 1. The van der Waals surface area contributed by atoms with Crippen molar-refractivity contribution in [3.63, 3.8) is 0 Å². The first-order valence-electron chi connectivity index (χ1n) is 42.0. The van der Waals surface area contributed by atoms with Crippen LogP contribution in [0.25, 0.3) is 21.7 Å². The number of carbonyl (C=O) groups is 20. The van der Waals surface area contributed by atoms with Gasteiger partial charge in [-0.2, -0.15) is 11.8 Å². The van der Waals surface area contributed by atoms with Crippen LogP contribution in [0.2, 0.25) is 0 Å². The molecule has 0 radical (unpaired) electrons. The van der Waals surface area contributed by atoms with Crippen LogP contribution in [0.5, 0.6) is 5.75 Å². The van der Waals surface area contributed by atoms with Crippen molar-refractivity contribution in [3.05, 3.63) is 114 Å². The number of H-pyrrole nitrogens is 1. The lowest BCUT2D eigenvalue weighted by atomic mass is 9.91. The first-order chi connectivity index (χ1) is 61.6. The molecule has 1 saturated heterocycles. The number of aliphatic carboxylic acids is 1. The number of fused-ring (bicyclic) bond motifs is 2. The zero-order valence-corrected chi connectivity index (χ0v) is 73.5. The summed E-state index contributed by atoms with van der Waals surface area (Å²) in [7, 11) is 1.40. The summed E-state index contributed by atoms with van der Waals surface area (Å²) in [5.74, 6) is -20.7. The Morgan fingerprint density at radius 1 is 0.569 bits per heavy atom. The number of nitrogens with two attached hydrogens (primary N) is 5. The fourth-order valence-corrected chi connectivity index (χ4v) is 14.8. The summed E-state index contributed by atoms with van der Waals surface area (Å²) in [5, 5.41) is 59.9. The Hall–Kier alpha value is -13.8. The molecule has 1 fully saturated rings. The zero-order valence-electron chi connectivity index (χ0n) is 72.7. The molecule has 0 aliphatic carbocycles. The maximum absolute atomic E-state index is 15.8. The molecule has 0 spiro atoms. The number of thioether (sulfide) groups is 1. The molecule has 28 N–H and O–H groups in total. The van der Waals surface area contributed by atoms with Crippen molar-refractivity contribution in [2.75, 3.05) is 44.8 Å². The van der Waals surface area contributed by atoms with Gasteiger partial charge in [-0.3, -0.25) is 95.9 Å². The maximum atomic E-state index is 15.8. The zero-order chi connectivity index (χ0) is 95.9. The van der Waals surface area contributed by atoms with E-state index in [2.05, 4.69) is 84.7 Å². The van der Waals surface area contributed by atoms with Gasteiger partial charge in [-0.05, 0) is 136 Å². The summed E-state index contributed by atoms with van der Waals surface area (Å²) in [4.78, 5) is 278. The molecule has 1 aliphatic heterocycles. The predicted molar refractivity (Wildman–Crippen MR) is 472 cm³/mol. The second kappa shape index (κ2) is 52.4. The topological polar surface area (TPSA) is 717 Å². The Morgan fingerprint density at radius 3 is 1.80 bits per heavy atom. The van der Waals surface area contributed by atoms with Crippen molar-refractivity contribution < 1.29 is 111 Å². The van der Waals surface area contributed by atoms with E-state index < -0.39 is 260 Å². The molecule has 130 heavy (non-hydrogen) atoms. The van der Waals surface area contributed by atoms with Gasteiger partial charge in [0.15, 0.2) is 0 Å². The molecule has 0 unspecified atom stereocenters. The molecule has 2 heterocycles. The average molecular weight is 1830 g/mol. The highest BCUT2D eigenvalue weighted by Gasteiger charge is 2.42. The number of aromatic nitrogens is 1. The van der Waals surface area contributed by atoms with Crippen molar-refractivity contribution in [1.29, 1.82) is 0 Å². The largest absolute Gasteiger partial charge is 0.497 e. The van der Waals surface area contributed by atoms with Crippen LogP contribution in [-0.2, 0) is 115 Å². The number of aromatic amines is 1. The van der Waals surface area contributed by atoms with Crippen LogP contribution in [0.4, 0.5) is 0 Å². The lowest BCUT2D eigenvalue weighted by molar-refractivity contribution is -0.138. The van der Waals surface area contributed by atoms with E-state index in [1.54, 1.807) is 91.1 Å². The van der Waals surface area contributed by atoms with E-state index in [1.165, 1.54) is 21.0 Å². The number of rotatable bonds is 46. The van der Waals surface area contributed by atoms with Crippen LogP contribution >= 0.6 is 11.8 Å². The number of ether oxygens (including phenoxy) is 1. The van der Waals surface area contributed by atoms with Gasteiger partial charge in [0.25, 0.3) is 0 Å². The SMILES string of the molecule is COc1ccc(C[C@H](NC(=O)[C@@H]2CSCC[C@H](NC(C)=O)C(=O)N[C@@H](CCC(N)=O)C(=O)N[C@@H]([C@@H](C)O)C(=O)N[C@@H](Cc3c[nH]c4ccccc34)C(=O)N[C@@H](CCC(N)=O)C(=O)N2)C(=O)N[C@@H](Cc2ccc3ccccc3c2)C(=O)N[C@@](C)(CCCCN)C(=O)N[C@@H](CCCCNC(C)=O)C(=O)N[C@@H](CC(N)=O)C(=O)NCC(=O)NCC(=O)N[C@@H](CCC(=O)O)C(N)=O)cc1. The van der Waals surface area contributed by atoms with Gasteiger partial charge in [-0.25, -0.2) is 0 Å². The molecule has 1 aliphatic rings. The van der Waals surface area contributed by atoms with Crippen LogP contribution in [0, 0.1) is 0 Å². The molecule has 45 heteroatoms. The van der Waals surface area contributed by atoms with Crippen LogP contribution in [0.1, 0.15) is 134 Å². The molecule has 6 rings (SSSR count). The molecule has 0 saturated carbocycles. The number of nitrogens with one attached hydrogen (secondary N) is 16. The fraction of sp³-hybridized carbons (Fsp3) is 0.482. The number of amides is 19. The second-order valence-corrected chi connectivity index (χ2v) is 32.6. The van der Waals surface area contributed by atoms with Crippen LogP contribution in [0.15, 0.2) is 97.2 Å². The Labute approximate surface area is 751 Å². The molecule has 4 aromatic carbocycles. The van der Waals surface area contributed by atoms with Crippen LogP contribution in [0.3, 0.4) is 0 Å². The molecule has 0 bridgehead atoms. The Kier molecular flexibility index (Phi) is 42.3. The highest BCUT2D eigenvalue weighted by molar-refractivity contribution is 7.99. The number of benzene rings is 4. The summed E-state index contributed by atoms with van der Waals surface area (Å²) < 4.78 is 5.42. The number of hydrogen-bond donors (Lipinski definition) is 23. The third kappa shape index (κ3) is 35.4. The van der Waals surface area contributed by atoms with Crippen molar-refractivity contribution >= 4 is 152 Å². The minimum Gasteiger partial charge on any atom is -0.497 e. The number of aliphatic hydroxyl groups excluding tert-OH is 1. The third-order valence-corrected chi connectivity index (χ3v) is 22.0. The molecule has 44 nitrogen and oxygen atoms in total. The van der Waals surface area contributed by atoms with E-state index in [1.807, 2.05) is 6.07 Å². The summed E-state index contributed by atoms with van der Waals surface area (Å²) in [6.07, 6.45) is -5.25. The minimum absolute atomic E-state index is 0.0830. The van der Waals surface area contributed by atoms with Gasteiger partial charge in [-0.1, -0.05) is 72.8 Å². The quantitative estimate of drug-likeness (QED) is 0.0162. The summed E-state index contributed by atoms with van der Waals surface area (Å²) >= 11 is 0.912. The average Bonchev–Trinajstić information content (AvgIpc) is 1.77. The number of carboxylic acid groups (broad SMARTS) is 1. The van der Waals surface area contributed by atoms with E-state index in [4.69, 9.17) is 38.5 Å². The number of aliphatic hydroxyl groups is 1. The molecule has 706 valence electrons. The normalized spacial score (nSPS) is 18.3. The Bertz CT molecular complexity index is 4900. The minimum atomic E-state index is -2.08. The molecule has 13 atom stereocenters. The number of carboxylic acids is 1. The Morgan fingerprint density at radius 2 is 1.17 bits per heavy atom. The predicted octanol–water partition coefficient (Wildman–Crippen LogP) is -5.47. The monoisotopic (exact) mass is 1830 g/mol. The molecule has 1 aromatic heterocycles. The van der Waals surface area contributed by atoms with Crippen molar-refractivity contribution in [3.8, 4) is 5.75 Å². The van der Waals surface area contributed by atoms with Crippen LogP contribution in [-0.4, -0.2) is 256 Å². The number of para-hydroxylation sites is 1. The van der Waals surface area contributed by atoms with Gasteiger partial charge >= 0.3 is 5.97 Å². The number of carbonyl (C=O) groups excluding carboxylic acids is 19. The van der Waals surface area contributed by atoms with Crippen molar-refractivity contribution in [1.82, 2.24) is 84.7 Å². The van der Waals surface area contributed by atoms with E-state index in [-0.39, 0.29) is 83.1 Å². The van der Waals surface area contributed by atoms with Gasteiger partial charge in [0.2, 0.25) is 112 Å². The second-order valence-electron chi connectivity index (χ2n) is 31.5. The first kappa shape index (κ1) is 105. The molecular weight excluding hydrogens is 1720 g/mol. The lowest BCUT2D eigenvalue weighted by Crippen LogP contribution is -2.64. The highest BCUT2D eigenvalue weighted by Crippen LogP contribution is 2.24. The standard InChI is InChI=1S/C85H117N21O23S/c1-45(107)72-83(127)102-63(39-52-41-92-55-17-9-8-16-54(52)55)80(124)98-58(25-28-66(87)110)76(120)103-65(44-130-35-31-60(95-47(3)109)77(121)97-59(78(122)105-72)26-29-67(88)111)81(125)99-61(37-48-20-23-53(129-5)24-21-48)79(123)100-62(38-49-19-22-50-14-6-7-15-51(50)36-49)82(126)106-85(4,32-11-12-33-86)84(128)104-57(18-10-13-34-91-46(2)108)75(119)101-64(40-68(89)112)74(118)94-42-69(113)93-43-70(114)96-56(73(90)117)27-30-71(115)116/h6-9,14-17,19-24,36,41,45,56-65,72,92,107H,10-13,18,25-35,37-40,42-44,86H2,1-5H3,(H2,87,110)(H2,88,111)(H2,89,112)(H2,90,117)(H,91,108)(H,93,113)(H,94,118)(H,95,109)(H,96,114)(H,97,121)(H,98,124)(H,99,125)(H,100,123)(H,101,119)(H,102,127)(H,103,120)(H,104,128)(H,105,122)(H,106,126)(H,115,116)/t45-,56+,57+,58+,59+,60+,61+,62+,63+,64+,65+,72+,85+/m1/s1. The van der Waals surface area contributed by atoms with Crippen LogP contribution < -0.4 is 113 Å². The third-order valence-electron chi connectivity index (χ3n) is 20.9. The number of hydrogen-bond acceptors (Lipinski definition) is 24. The van der Waals surface area contributed by atoms with E-state index in [0.717, 1.165) is 31.0 Å². The molecule has 5 aromatic rings. The Balaban J connectivity index is 1.41. The van der Waals surface area contributed by atoms with Gasteiger partial charge in [0.1, 0.15) is 77.7 Å².